The molecular weight excluding hydrogens is 296 g/mol. The van der Waals surface area contributed by atoms with Gasteiger partial charge < -0.3 is 20.1 Å². The van der Waals surface area contributed by atoms with Crippen LogP contribution in [0.2, 0.25) is 0 Å². The van der Waals surface area contributed by atoms with Crippen molar-refractivity contribution in [1.82, 2.24) is 0 Å². The van der Waals surface area contributed by atoms with E-state index in [4.69, 9.17) is 4.74 Å². The Morgan fingerprint density at radius 3 is 1.74 bits per heavy atom. The molecule has 0 atom stereocenters. The summed E-state index contributed by atoms with van der Waals surface area (Å²) in [6.07, 6.45) is 5.64. The molecule has 0 rings (SSSR count). The topological polar surface area (TPSA) is 87.0 Å². The van der Waals surface area contributed by atoms with E-state index in [9.17, 15) is 20.1 Å². The summed E-state index contributed by atoms with van der Waals surface area (Å²) in [5, 5.41) is 27.9. The molecule has 0 aromatic rings. The Morgan fingerprint density at radius 2 is 1.35 bits per heavy atom. The fraction of sp³-hybridized carbons (Fsp3) is 0.833. The lowest BCUT2D eigenvalue weighted by molar-refractivity contribution is -0.141. The maximum absolute atomic E-state index is 12.4. The molecule has 0 heterocycles. The number of allylic oxidation sites excluding steroid dienone is 1. The molecular formula is C18H34O5. The number of aliphatic hydroxyl groups excluding tert-OH is 3. The molecule has 136 valence electrons. The van der Waals surface area contributed by atoms with E-state index in [0.29, 0.717) is 6.42 Å². The van der Waals surface area contributed by atoms with E-state index < -0.39 is 5.41 Å². The van der Waals surface area contributed by atoms with E-state index >= 15 is 0 Å². The predicted octanol–water partition coefficient (Wildman–Crippen LogP) is 2.58. The Hall–Kier alpha value is -0.910. The van der Waals surface area contributed by atoms with Gasteiger partial charge in [0.05, 0.1) is 26.4 Å². The second-order valence-corrected chi connectivity index (χ2v) is 6.19. The lowest BCUT2D eigenvalue weighted by Crippen LogP contribution is -2.35. The molecule has 0 aliphatic rings. The quantitative estimate of drug-likeness (QED) is 0.357. The molecule has 0 amide bonds. The minimum atomic E-state index is -0.995. The first-order valence-electron chi connectivity index (χ1n) is 8.74. The van der Waals surface area contributed by atoms with Gasteiger partial charge in [-0.25, -0.2) is 4.79 Å². The summed E-state index contributed by atoms with van der Waals surface area (Å²) in [5.74, 6) is -0.300. The Balaban J connectivity index is 4.89. The highest BCUT2D eigenvalue weighted by Crippen LogP contribution is 2.24. The summed E-state index contributed by atoms with van der Waals surface area (Å²) in [4.78, 5) is 12.4. The number of carbonyl (C=O) groups excluding carboxylic acids is 1. The van der Waals surface area contributed by atoms with E-state index in [1.807, 2.05) is 6.92 Å². The maximum Gasteiger partial charge on any atom is 0.333 e. The largest absolute Gasteiger partial charge is 0.462 e. The molecule has 3 N–H and O–H groups in total. The van der Waals surface area contributed by atoms with E-state index in [1.54, 1.807) is 0 Å². The van der Waals surface area contributed by atoms with Gasteiger partial charge in [0.25, 0.3) is 0 Å². The third-order valence-corrected chi connectivity index (χ3v) is 4.15. The highest BCUT2D eigenvalue weighted by atomic mass is 16.5. The van der Waals surface area contributed by atoms with Gasteiger partial charge in [-0.1, -0.05) is 45.6 Å². The predicted molar refractivity (Wildman–Crippen MR) is 91.0 cm³/mol. The molecule has 0 aromatic heterocycles. The van der Waals surface area contributed by atoms with E-state index in [0.717, 1.165) is 37.7 Å². The smallest absolute Gasteiger partial charge is 0.333 e. The third-order valence-electron chi connectivity index (χ3n) is 4.15. The van der Waals surface area contributed by atoms with Gasteiger partial charge in [0.15, 0.2) is 0 Å². The van der Waals surface area contributed by atoms with Crippen molar-refractivity contribution < 1.29 is 24.9 Å². The Labute approximate surface area is 140 Å². The monoisotopic (exact) mass is 330 g/mol. The number of aliphatic hydroxyl groups is 3. The van der Waals surface area contributed by atoms with Gasteiger partial charge in [-0.2, -0.15) is 0 Å². The van der Waals surface area contributed by atoms with Gasteiger partial charge in [0.2, 0.25) is 0 Å². The van der Waals surface area contributed by atoms with E-state index in [1.165, 1.54) is 5.57 Å². The van der Waals surface area contributed by atoms with Crippen molar-refractivity contribution in [2.24, 2.45) is 5.41 Å². The summed E-state index contributed by atoms with van der Waals surface area (Å²) in [6.45, 7) is 5.30. The molecule has 0 aromatic carbocycles. The van der Waals surface area contributed by atoms with Crippen LogP contribution in [-0.4, -0.2) is 47.7 Å². The molecule has 0 fully saturated rings. The van der Waals surface area contributed by atoms with Crippen LogP contribution in [0.4, 0.5) is 0 Å². The molecule has 5 nitrogen and oxygen atoms in total. The van der Waals surface area contributed by atoms with Crippen LogP contribution in [0.25, 0.3) is 0 Å². The molecule has 0 saturated carbocycles. The summed E-state index contributed by atoms with van der Waals surface area (Å²) < 4.78 is 5.36. The summed E-state index contributed by atoms with van der Waals surface area (Å²) in [7, 11) is 0. The summed E-state index contributed by atoms with van der Waals surface area (Å²) in [6, 6.07) is 0. The molecule has 5 heteroatoms. The van der Waals surface area contributed by atoms with Crippen LogP contribution in [-0.2, 0) is 9.53 Å². The minimum absolute atomic E-state index is 0.0826. The zero-order chi connectivity index (χ0) is 17.7. The van der Waals surface area contributed by atoms with Crippen LogP contribution in [0.3, 0.4) is 0 Å². The van der Waals surface area contributed by atoms with Crippen LogP contribution in [0.1, 0.15) is 65.7 Å². The number of ether oxygens (including phenoxy) is 1. The number of esters is 1. The average Bonchev–Trinajstić information content (AvgIpc) is 2.57. The van der Waals surface area contributed by atoms with Crippen LogP contribution >= 0.6 is 0 Å². The molecule has 0 bridgehead atoms. The van der Waals surface area contributed by atoms with Crippen LogP contribution in [0, 0.1) is 5.41 Å². The van der Waals surface area contributed by atoms with Gasteiger partial charge in [0.1, 0.15) is 0 Å². The van der Waals surface area contributed by atoms with Crippen molar-refractivity contribution >= 4 is 5.97 Å². The van der Waals surface area contributed by atoms with Crippen LogP contribution in [0.5, 0.6) is 0 Å². The molecule has 0 aliphatic carbocycles. The molecule has 0 aliphatic heterocycles. The lowest BCUT2D eigenvalue weighted by Gasteiger charge is -2.27. The summed E-state index contributed by atoms with van der Waals surface area (Å²) in [5.41, 5.74) is 0.961. The number of hydrogen-bond acceptors (Lipinski definition) is 5. The molecule has 0 spiro atoms. The van der Waals surface area contributed by atoms with Gasteiger partial charge in [-0.15, -0.1) is 0 Å². The number of carbonyl (C=O) groups is 1. The van der Waals surface area contributed by atoms with E-state index in [2.05, 4.69) is 13.8 Å². The number of rotatable bonds is 13. The average molecular weight is 330 g/mol. The summed E-state index contributed by atoms with van der Waals surface area (Å²) >= 11 is 0. The fourth-order valence-corrected chi connectivity index (χ4v) is 2.54. The molecule has 0 radical (unpaired) electrons. The highest BCUT2D eigenvalue weighted by Gasteiger charge is 2.28. The van der Waals surface area contributed by atoms with Gasteiger partial charge >= 0.3 is 5.97 Å². The van der Waals surface area contributed by atoms with E-state index in [-0.39, 0.29) is 38.8 Å². The van der Waals surface area contributed by atoms with Crippen molar-refractivity contribution in [3.8, 4) is 0 Å². The van der Waals surface area contributed by atoms with Gasteiger partial charge in [-0.3, -0.25) is 0 Å². The first kappa shape index (κ1) is 22.1. The molecule has 0 saturated heterocycles. The highest BCUT2D eigenvalue weighted by molar-refractivity contribution is 5.89. The standard InChI is InChI=1S/C18H34O5/c1-4-7-15(8-5-2)16(9-6-3)17(22)23-11-10-18(12-19,13-20)14-21/h19-21H,4-14H2,1-3H3. The first-order chi connectivity index (χ1) is 11.0. The third kappa shape index (κ3) is 7.46. The SMILES string of the molecule is CCCC(CCC)=C(CCC)C(=O)OCCC(CO)(CO)CO. The lowest BCUT2D eigenvalue weighted by atomic mass is 9.88. The normalized spacial score (nSPS) is 11.4. The van der Waals surface area contributed by atoms with Crippen molar-refractivity contribution in [2.75, 3.05) is 26.4 Å². The zero-order valence-corrected chi connectivity index (χ0v) is 14.9. The van der Waals surface area contributed by atoms with Crippen molar-refractivity contribution in [1.29, 1.82) is 0 Å². The fourth-order valence-electron chi connectivity index (χ4n) is 2.54. The van der Waals surface area contributed by atoms with Crippen LogP contribution < -0.4 is 0 Å². The zero-order valence-electron chi connectivity index (χ0n) is 14.9. The second-order valence-electron chi connectivity index (χ2n) is 6.19. The second kappa shape index (κ2) is 12.5. The Morgan fingerprint density at radius 1 is 0.870 bits per heavy atom. The van der Waals surface area contributed by atoms with Gasteiger partial charge in [-0.05, 0) is 25.7 Å². The van der Waals surface area contributed by atoms with Gasteiger partial charge in [0, 0.05) is 11.0 Å². The van der Waals surface area contributed by atoms with Crippen LogP contribution in [0.15, 0.2) is 11.1 Å². The van der Waals surface area contributed by atoms with Crippen molar-refractivity contribution in [3.63, 3.8) is 0 Å². The Bertz CT molecular complexity index is 342. The van der Waals surface area contributed by atoms with Crippen molar-refractivity contribution in [2.45, 2.75) is 65.7 Å². The first-order valence-corrected chi connectivity index (χ1v) is 8.74. The molecule has 23 heavy (non-hydrogen) atoms. The number of hydrogen-bond donors (Lipinski definition) is 3. The maximum atomic E-state index is 12.4. The minimum Gasteiger partial charge on any atom is -0.462 e. The molecule has 0 unspecified atom stereocenters. The Kier molecular flexibility index (Phi) is 12.0. The van der Waals surface area contributed by atoms with Crippen molar-refractivity contribution in [3.05, 3.63) is 11.1 Å².